The number of nitrogens with one attached hydrogen (secondary N) is 1. The standard InChI is InChI=1S/C23H24N4O4/c1-2-8-24-23(29)18-11-14-10-17(27(30)31)6-7-20(14)26-12-15-9-16(22(18)26)13-25-19(15)4-3-5-21(25)28/h2-7,10,15-16,18,22H,1,8-9,11-13H2,(H,24,29)/t15?,16?,18-,22+/m1/s1. The lowest BCUT2D eigenvalue weighted by Crippen LogP contribution is -2.61. The van der Waals surface area contributed by atoms with E-state index in [9.17, 15) is 19.7 Å². The van der Waals surface area contributed by atoms with Crippen molar-refractivity contribution in [2.75, 3.05) is 18.0 Å². The van der Waals surface area contributed by atoms with E-state index in [1.807, 2.05) is 16.7 Å². The molecule has 2 unspecified atom stereocenters. The molecule has 5 rings (SSSR count). The quantitative estimate of drug-likeness (QED) is 0.465. The summed E-state index contributed by atoms with van der Waals surface area (Å²) in [6, 6.07) is 10.3. The molecule has 160 valence electrons. The summed E-state index contributed by atoms with van der Waals surface area (Å²) in [6.45, 7) is 5.31. The Balaban J connectivity index is 1.60. The molecule has 1 aromatic carbocycles. The number of amides is 1. The molecular formula is C23H24N4O4. The number of nitrogens with zero attached hydrogens (tertiary/aromatic N) is 3. The molecule has 1 amide bonds. The number of nitro benzene ring substituents is 1. The van der Waals surface area contributed by atoms with E-state index in [2.05, 4.69) is 16.8 Å². The first-order valence-corrected chi connectivity index (χ1v) is 10.6. The number of fused-ring (bicyclic) bond motifs is 8. The van der Waals surface area contributed by atoms with Crippen LogP contribution in [-0.4, -0.2) is 34.5 Å². The van der Waals surface area contributed by atoms with Gasteiger partial charge in [-0.05, 0) is 36.5 Å². The first-order chi connectivity index (χ1) is 15.0. The maximum Gasteiger partial charge on any atom is 0.269 e. The van der Waals surface area contributed by atoms with E-state index in [0.717, 1.165) is 23.4 Å². The molecule has 1 saturated heterocycles. The molecule has 1 aromatic heterocycles. The van der Waals surface area contributed by atoms with Gasteiger partial charge in [0.2, 0.25) is 5.91 Å². The summed E-state index contributed by atoms with van der Waals surface area (Å²) in [7, 11) is 0. The minimum atomic E-state index is -0.396. The van der Waals surface area contributed by atoms with Crippen LogP contribution in [0.4, 0.5) is 11.4 Å². The van der Waals surface area contributed by atoms with Crippen LogP contribution in [0.15, 0.2) is 53.8 Å². The highest BCUT2D eigenvalue weighted by Crippen LogP contribution is 2.47. The van der Waals surface area contributed by atoms with Gasteiger partial charge in [0.1, 0.15) is 0 Å². The molecule has 2 aromatic rings. The topological polar surface area (TPSA) is 97.5 Å². The minimum Gasteiger partial charge on any atom is -0.366 e. The van der Waals surface area contributed by atoms with Crippen molar-refractivity contribution in [2.24, 2.45) is 11.8 Å². The van der Waals surface area contributed by atoms with Gasteiger partial charge in [0.05, 0.1) is 10.8 Å². The first kappa shape index (κ1) is 19.5. The monoisotopic (exact) mass is 420 g/mol. The molecule has 0 saturated carbocycles. The highest BCUT2D eigenvalue weighted by Gasteiger charge is 2.49. The van der Waals surface area contributed by atoms with Gasteiger partial charge in [-0.15, -0.1) is 6.58 Å². The van der Waals surface area contributed by atoms with Crippen molar-refractivity contribution in [1.29, 1.82) is 0 Å². The molecule has 3 aliphatic heterocycles. The van der Waals surface area contributed by atoms with Crippen molar-refractivity contribution in [3.05, 3.63) is 80.8 Å². The van der Waals surface area contributed by atoms with Gasteiger partial charge in [-0.2, -0.15) is 0 Å². The van der Waals surface area contributed by atoms with Crippen LogP contribution in [0.25, 0.3) is 0 Å². The van der Waals surface area contributed by atoms with E-state index in [1.54, 1.807) is 24.3 Å². The average molecular weight is 420 g/mol. The normalized spacial score (nSPS) is 25.6. The summed E-state index contributed by atoms with van der Waals surface area (Å²) in [5, 5.41) is 14.2. The number of nitro groups is 1. The van der Waals surface area contributed by atoms with Gasteiger partial charge in [0, 0.05) is 61.2 Å². The summed E-state index contributed by atoms with van der Waals surface area (Å²) >= 11 is 0. The van der Waals surface area contributed by atoms with Gasteiger partial charge in [-0.25, -0.2) is 0 Å². The number of anilines is 1. The Morgan fingerprint density at radius 2 is 2.13 bits per heavy atom. The van der Waals surface area contributed by atoms with E-state index in [1.165, 1.54) is 6.07 Å². The molecule has 4 atom stereocenters. The highest BCUT2D eigenvalue weighted by molar-refractivity contribution is 5.82. The number of hydrogen-bond donors (Lipinski definition) is 1. The van der Waals surface area contributed by atoms with Crippen LogP contribution in [0, 0.1) is 22.0 Å². The number of carbonyl (C=O) groups excluding carboxylic acids is 1. The number of carbonyl (C=O) groups is 1. The summed E-state index contributed by atoms with van der Waals surface area (Å²) in [5.74, 6) is -0.0887. The SMILES string of the molecule is C=CCNC(=O)[C@@H]1Cc2cc([N+](=O)[O-])ccc2N2CC3CC(Cn4c3cccc4=O)[C@@H]12. The molecule has 0 spiro atoms. The van der Waals surface area contributed by atoms with Crippen LogP contribution in [0.2, 0.25) is 0 Å². The summed E-state index contributed by atoms with van der Waals surface area (Å²) in [4.78, 5) is 38.8. The summed E-state index contributed by atoms with van der Waals surface area (Å²) < 4.78 is 1.86. The van der Waals surface area contributed by atoms with Crippen LogP contribution in [0.1, 0.15) is 23.6 Å². The van der Waals surface area contributed by atoms with Crippen molar-refractivity contribution in [3.63, 3.8) is 0 Å². The molecule has 1 N–H and O–H groups in total. The van der Waals surface area contributed by atoms with E-state index >= 15 is 0 Å². The van der Waals surface area contributed by atoms with Crippen LogP contribution in [-0.2, 0) is 17.8 Å². The lowest BCUT2D eigenvalue weighted by Gasteiger charge is -2.54. The number of hydrogen-bond acceptors (Lipinski definition) is 5. The van der Waals surface area contributed by atoms with E-state index in [4.69, 9.17) is 0 Å². The second kappa shape index (κ2) is 7.37. The number of rotatable bonds is 4. The zero-order chi connectivity index (χ0) is 21.7. The molecule has 3 aliphatic rings. The largest absolute Gasteiger partial charge is 0.366 e. The lowest BCUT2D eigenvalue weighted by molar-refractivity contribution is -0.384. The maximum absolute atomic E-state index is 13.1. The van der Waals surface area contributed by atoms with Crippen LogP contribution >= 0.6 is 0 Å². The Bertz CT molecular complexity index is 1140. The summed E-state index contributed by atoms with van der Waals surface area (Å²) in [5.41, 5.74) is 2.86. The van der Waals surface area contributed by atoms with Crippen LogP contribution in [0.3, 0.4) is 0 Å². The minimum absolute atomic E-state index is 0.000133. The third-order valence-electron chi connectivity index (χ3n) is 6.96. The van der Waals surface area contributed by atoms with Crippen molar-refractivity contribution in [1.82, 2.24) is 9.88 Å². The molecule has 0 aliphatic carbocycles. The fourth-order valence-corrected chi connectivity index (χ4v) is 5.76. The van der Waals surface area contributed by atoms with E-state index in [0.29, 0.717) is 26.1 Å². The van der Waals surface area contributed by atoms with Gasteiger partial charge >= 0.3 is 0 Å². The van der Waals surface area contributed by atoms with Crippen molar-refractivity contribution in [2.45, 2.75) is 31.3 Å². The van der Waals surface area contributed by atoms with Gasteiger partial charge in [-0.3, -0.25) is 19.7 Å². The van der Waals surface area contributed by atoms with Crippen molar-refractivity contribution >= 4 is 17.3 Å². The molecule has 0 radical (unpaired) electrons. The van der Waals surface area contributed by atoms with E-state index in [-0.39, 0.29) is 40.9 Å². The van der Waals surface area contributed by atoms with Gasteiger partial charge in [0.15, 0.2) is 0 Å². The predicted molar refractivity (Wildman–Crippen MR) is 116 cm³/mol. The second-order valence-electron chi connectivity index (χ2n) is 8.65. The first-order valence-electron chi connectivity index (χ1n) is 10.6. The molecule has 8 nitrogen and oxygen atoms in total. The van der Waals surface area contributed by atoms with Crippen molar-refractivity contribution < 1.29 is 9.72 Å². The molecule has 4 heterocycles. The fourth-order valence-electron chi connectivity index (χ4n) is 5.76. The van der Waals surface area contributed by atoms with Crippen molar-refractivity contribution in [3.8, 4) is 0 Å². The predicted octanol–water partition coefficient (Wildman–Crippen LogP) is 2.22. The fraction of sp³-hybridized carbons (Fsp3) is 0.391. The lowest BCUT2D eigenvalue weighted by atomic mass is 9.70. The maximum atomic E-state index is 13.1. The zero-order valence-corrected chi connectivity index (χ0v) is 17.1. The molecule has 8 heteroatoms. The zero-order valence-electron chi connectivity index (χ0n) is 17.1. The van der Waals surface area contributed by atoms with Gasteiger partial charge in [-0.1, -0.05) is 12.1 Å². The number of benzene rings is 1. The van der Waals surface area contributed by atoms with Crippen LogP contribution < -0.4 is 15.8 Å². The second-order valence-corrected chi connectivity index (χ2v) is 8.65. The number of pyridine rings is 1. The van der Waals surface area contributed by atoms with Crippen LogP contribution in [0.5, 0.6) is 0 Å². The average Bonchev–Trinajstić information content (AvgIpc) is 2.77. The third kappa shape index (κ3) is 3.13. The van der Waals surface area contributed by atoms with E-state index < -0.39 is 4.92 Å². The summed E-state index contributed by atoms with van der Waals surface area (Å²) in [6.07, 6.45) is 3.02. The number of non-ortho nitro benzene ring substituents is 1. The van der Waals surface area contributed by atoms with Gasteiger partial charge in [0.25, 0.3) is 11.2 Å². The highest BCUT2D eigenvalue weighted by atomic mass is 16.6. The number of aromatic nitrogens is 1. The Morgan fingerprint density at radius 3 is 2.90 bits per heavy atom. The van der Waals surface area contributed by atoms with Gasteiger partial charge < -0.3 is 14.8 Å². The molecule has 1 fully saturated rings. The molecule has 31 heavy (non-hydrogen) atoms. The molecular weight excluding hydrogens is 396 g/mol. The Labute approximate surface area is 179 Å². The number of piperidine rings is 1. The smallest absolute Gasteiger partial charge is 0.269 e. The Hall–Kier alpha value is -3.42. The Kier molecular flexibility index (Phi) is 4.64. The Morgan fingerprint density at radius 1 is 1.29 bits per heavy atom. The third-order valence-corrected chi connectivity index (χ3v) is 6.96. The molecule has 2 bridgehead atoms.